The molecular weight excluding hydrogens is 352 g/mol. The molecule has 0 amide bonds. The SMILES string of the molecule is [N-]=[N+]=Nc1nc(N=Nc2nc(N=[N+]=[N-])nc(N=[N+]=[N-])n2)nc(N=[N+]=[N-])n1. The van der Waals surface area contributed by atoms with E-state index in [2.05, 4.69) is 80.2 Å². The summed E-state index contributed by atoms with van der Waals surface area (Å²) in [5, 5.41) is 19.6. The third-order valence-electron chi connectivity index (χ3n) is 1.97. The molecule has 26 heavy (non-hydrogen) atoms. The number of aromatic nitrogens is 6. The number of rotatable bonds is 6. The monoisotopic (exact) mass is 352 g/mol. The van der Waals surface area contributed by atoms with Gasteiger partial charge in [-0.2, -0.15) is 19.9 Å². The molecule has 0 saturated carbocycles. The van der Waals surface area contributed by atoms with E-state index in [0.717, 1.165) is 0 Å². The standard InChI is InChI=1S/C6N20/c7-23-19-3-11-1(12-4(15-3)20-24-8)17-18-2-13-5(21-25-9)16-6(14-2)22-26-10. The fourth-order valence-corrected chi connectivity index (χ4v) is 1.20. The third-order valence-corrected chi connectivity index (χ3v) is 1.97. The summed E-state index contributed by atoms with van der Waals surface area (Å²) < 4.78 is 0. The van der Waals surface area contributed by atoms with Gasteiger partial charge < -0.3 is 0 Å². The molecule has 2 heterocycles. The van der Waals surface area contributed by atoms with Crippen LogP contribution in [0.5, 0.6) is 0 Å². The highest BCUT2D eigenvalue weighted by molar-refractivity contribution is 5.34. The molecule has 0 unspecified atom stereocenters. The van der Waals surface area contributed by atoms with E-state index in [1.165, 1.54) is 0 Å². The lowest BCUT2D eigenvalue weighted by Crippen LogP contribution is -1.88. The molecule has 0 aliphatic rings. The molecule has 0 fully saturated rings. The van der Waals surface area contributed by atoms with Crippen molar-refractivity contribution in [2.45, 2.75) is 0 Å². The molecule has 0 spiro atoms. The van der Waals surface area contributed by atoms with Gasteiger partial charge in [0, 0.05) is 19.6 Å². The highest BCUT2D eigenvalue weighted by Crippen LogP contribution is 2.20. The van der Waals surface area contributed by atoms with Gasteiger partial charge in [-0.1, -0.05) is 0 Å². The van der Waals surface area contributed by atoms with Crippen molar-refractivity contribution in [2.24, 2.45) is 30.7 Å². The van der Waals surface area contributed by atoms with Crippen LogP contribution >= 0.6 is 0 Å². The van der Waals surface area contributed by atoms with Crippen molar-refractivity contribution in [3.63, 3.8) is 0 Å². The van der Waals surface area contributed by atoms with Crippen molar-refractivity contribution in [1.82, 2.24) is 29.9 Å². The molecule has 0 aliphatic heterocycles. The Bertz CT molecular complexity index is 896. The molecule has 2 aromatic rings. The van der Waals surface area contributed by atoms with Crippen LogP contribution in [0.4, 0.5) is 35.7 Å². The fraction of sp³-hybridized carbons (Fsp3) is 0. The minimum atomic E-state index is -0.431. The predicted molar refractivity (Wildman–Crippen MR) is 79.1 cm³/mol. The number of azo groups is 1. The summed E-state index contributed by atoms with van der Waals surface area (Å²) in [6.45, 7) is 0. The minimum absolute atomic E-state index is 0.416. The van der Waals surface area contributed by atoms with Gasteiger partial charge in [0.25, 0.3) is 11.9 Å². The Morgan fingerprint density at radius 1 is 0.423 bits per heavy atom. The lowest BCUT2D eigenvalue weighted by molar-refractivity contribution is 0.947. The lowest BCUT2D eigenvalue weighted by Gasteiger charge is -1.96. The smallest absolute Gasteiger partial charge is 0.205 e. The first-order valence-corrected chi connectivity index (χ1v) is 5.82. The maximum atomic E-state index is 8.40. The van der Waals surface area contributed by atoms with Gasteiger partial charge >= 0.3 is 0 Å². The van der Waals surface area contributed by atoms with Crippen molar-refractivity contribution in [2.75, 3.05) is 0 Å². The maximum Gasteiger partial charge on any atom is 0.272 e. The van der Waals surface area contributed by atoms with E-state index >= 15 is 0 Å². The van der Waals surface area contributed by atoms with Crippen LogP contribution < -0.4 is 0 Å². The van der Waals surface area contributed by atoms with E-state index < -0.39 is 35.7 Å². The van der Waals surface area contributed by atoms with Crippen LogP contribution in [0.15, 0.2) is 30.7 Å². The number of hydrogen-bond acceptors (Lipinski definition) is 12. The molecule has 0 aromatic carbocycles. The maximum absolute atomic E-state index is 8.40. The Labute approximate surface area is 139 Å². The molecule has 2 rings (SSSR count). The van der Waals surface area contributed by atoms with Gasteiger partial charge in [-0.15, -0.1) is 10.2 Å². The molecule has 0 radical (unpaired) electrons. The molecule has 0 aliphatic carbocycles. The van der Waals surface area contributed by atoms with Gasteiger partial charge in [-0.3, -0.25) is 0 Å². The zero-order chi connectivity index (χ0) is 18.8. The Hall–Kier alpha value is -5.14. The topological polar surface area (TPSA) is 297 Å². The van der Waals surface area contributed by atoms with Crippen molar-refractivity contribution < 1.29 is 0 Å². The molecular formula is C6N20. The van der Waals surface area contributed by atoms with E-state index in [1.54, 1.807) is 0 Å². The third kappa shape index (κ3) is 4.68. The van der Waals surface area contributed by atoms with Crippen LogP contribution in [0.2, 0.25) is 0 Å². The van der Waals surface area contributed by atoms with Crippen molar-refractivity contribution in [1.29, 1.82) is 0 Å². The number of nitrogens with zero attached hydrogens (tertiary/aromatic N) is 20. The van der Waals surface area contributed by atoms with Crippen molar-refractivity contribution >= 4 is 35.7 Å². The highest BCUT2D eigenvalue weighted by Gasteiger charge is 2.06. The average Bonchev–Trinajstić information content (AvgIpc) is 2.61. The van der Waals surface area contributed by atoms with E-state index in [9.17, 15) is 0 Å². The van der Waals surface area contributed by atoms with Crippen molar-refractivity contribution in [3.8, 4) is 0 Å². The van der Waals surface area contributed by atoms with Gasteiger partial charge in [0.1, 0.15) is 0 Å². The van der Waals surface area contributed by atoms with Crippen molar-refractivity contribution in [3.05, 3.63) is 41.8 Å². The van der Waals surface area contributed by atoms with Gasteiger partial charge in [0.2, 0.25) is 23.8 Å². The van der Waals surface area contributed by atoms with E-state index in [1.807, 2.05) is 0 Å². The zero-order valence-corrected chi connectivity index (χ0v) is 11.9. The molecule has 0 bridgehead atoms. The van der Waals surface area contributed by atoms with Crippen LogP contribution in [-0.4, -0.2) is 29.9 Å². The summed E-state index contributed by atoms with van der Waals surface area (Å²) in [5.74, 6) is -2.56. The Kier molecular flexibility index (Phi) is 5.62. The van der Waals surface area contributed by atoms with E-state index in [4.69, 9.17) is 22.1 Å². The van der Waals surface area contributed by atoms with E-state index in [-0.39, 0.29) is 0 Å². The Morgan fingerprint density at radius 3 is 0.885 bits per heavy atom. The number of azide groups is 4. The summed E-state index contributed by atoms with van der Waals surface area (Å²) >= 11 is 0. The minimum Gasteiger partial charge on any atom is -0.205 e. The molecule has 124 valence electrons. The van der Waals surface area contributed by atoms with Crippen LogP contribution in [0.3, 0.4) is 0 Å². The van der Waals surface area contributed by atoms with Gasteiger partial charge in [-0.05, 0) is 42.6 Å². The first kappa shape index (κ1) is 17.2. The van der Waals surface area contributed by atoms with Crippen LogP contribution in [0.25, 0.3) is 41.8 Å². The molecule has 20 heteroatoms. The largest absolute Gasteiger partial charge is 0.272 e. The first-order valence-electron chi connectivity index (χ1n) is 5.82. The summed E-state index contributed by atoms with van der Waals surface area (Å²) in [4.78, 5) is 31.4. The zero-order valence-electron chi connectivity index (χ0n) is 11.9. The molecule has 0 atom stereocenters. The van der Waals surface area contributed by atoms with Crippen LogP contribution in [0.1, 0.15) is 0 Å². The average molecular weight is 352 g/mol. The second-order valence-electron chi connectivity index (χ2n) is 3.43. The fourth-order valence-electron chi connectivity index (χ4n) is 1.20. The quantitative estimate of drug-likeness (QED) is 0.415. The Balaban J connectivity index is 2.48. The molecule has 0 saturated heterocycles. The van der Waals surface area contributed by atoms with Gasteiger partial charge in [0.05, 0.1) is 0 Å². The molecule has 20 nitrogen and oxygen atoms in total. The summed E-state index contributed by atoms with van der Waals surface area (Å²) in [7, 11) is 0. The highest BCUT2D eigenvalue weighted by atomic mass is 15.4. The summed E-state index contributed by atoms with van der Waals surface area (Å²) in [6.07, 6.45) is 0. The van der Waals surface area contributed by atoms with Crippen LogP contribution in [0, 0.1) is 0 Å². The normalized spacial score (nSPS) is 9.38. The Morgan fingerprint density at radius 2 is 0.654 bits per heavy atom. The predicted octanol–water partition coefficient (Wildman–Crippen LogP) is 4.24. The van der Waals surface area contributed by atoms with Crippen LogP contribution in [-0.2, 0) is 0 Å². The van der Waals surface area contributed by atoms with Gasteiger partial charge in [0.15, 0.2) is 0 Å². The first-order chi connectivity index (χ1) is 12.7. The lowest BCUT2D eigenvalue weighted by atomic mass is 10.8. The number of hydrogen-bond donors (Lipinski definition) is 0. The second kappa shape index (κ2) is 8.48. The second-order valence-corrected chi connectivity index (χ2v) is 3.43. The van der Waals surface area contributed by atoms with Gasteiger partial charge in [-0.25, -0.2) is 9.97 Å². The summed E-state index contributed by atoms with van der Waals surface area (Å²) in [6, 6.07) is 0. The molecule has 2 aromatic heterocycles. The van der Waals surface area contributed by atoms with E-state index in [0.29, 0.717) is 0 Å². The molecule has 0 N–H and O–H groups in total. The summed E-state index contributed by atoms with van der Waals surface area (Å²) in [5.41, 5.74) is 33.6.